The fraction of sp³-hybridized carbons (Fsp3) is 0.611. The molecule has 2 atom stereocenters. The Hall–Kier alpha value is -1.17. The molecule has 1 aromatic carbocycles. The van der Waals surface area contributed by atoms with Crippen LogP contribution in [-0.2, 0) is 18.4 Å². The van der Waals surface area contributed by atoms with Gasteiger partial charge in [-0.2, -0.15) is 13.2 Å². The second kappa shape index (κ2) is 8.06. The van der Waals surface area contributed by atoms with Crippen molar-refractivity contribution in [2.24, 2.45) is 0 Å². The van der Waals surface area contributed by atoms with Crippen LogP contribution in [0.2, 0.25) is 39.3 Å². The fourth-order valence-electron chi connectivity index (χ4n) is 2.64. The Balaban J connectivity index is 3.80. The van der Waals surface area contributed by atoms with Gasteiger partial charge in [-0.1, -0.05) is 29.8 Å². The first-order valence-electron chi connectivity index (χ1n) is 8.63. The van der Waals surface area contributed by atoms with E-state index in [0.29, 0.717) is 0 Å². The van der Waals surface area contributed by atoms with Crippen molar-refractivity contribution < 1.29 is 31.6 Å². The average Bonchev–Trinajstić information content (AvgIpc) is 2.47. The summed E-state index contributed by atoms with van der Waals surface area (Å²) in [5.41, 5.74) is -2.13. The quantitative estimate of drug-likeness (QED) is 0.447. The van der Waals surface area contributed by atoms with Crippen LogP contribution in [-0.4, -0.2) is 41.5 Å². The lowest BCUT2D eigenvalue weighted by atomic mass is 9.90. The van der Waals surface area contributed by atoms with E-state index in [9.17, 15) is 18.0 Å². The van der Waals surface area contributed by atoms with Crippen molar-refractivity contribution in [1.29, 1.82) is 0 Å². The number of aryl methyl sites for hydroxylation is 1. The van der Waals surface area contributed by atoms with Gasteiger partial charge < -0.3 is 13.6 Å². The third-order valence-corrected chi connectivity index (χ3v) is 5.47. The molecule has 0 aliphatic carbocycles. The minimum atomic E-state index is -5.03. The lowest BCUT2D eigenvalue weighted by Gasteiger charge is -2.44. The summed E-state index contributed by atoms with van der Waals surface area (Å²) in [6.45, 7) is 11.9. The van der Waals surface area contributed by atoms with Gasteiger partial charge in [0, 0.05) is 0 Å². The Morgan fingerprint density at radius 2 is 1.44 bits per heavy atom. The van der Waals surface area contributed by atoms with Gasteiger partial charge >= 0.3 is 12.1 Å². The van der Waals surface area contributed by atoms with Crippen molar-refractivity contribution in [3.8, 4) is 0 Å². The van der Waals surface area contributed by atoms with Crippen molar-refractivity contribution in [3.05, 3.63) is 35.4 Å². The Kier molecular flexibility index (Phi) is 7.13. The first-order chi connectivity index (χ1) is 12.0. The van der Waals surface area contributed by atoms with E-state index in [1.807, 2.05) is 6.92 Å². The summed E-state index contributed by atoms with van der Waals surface area (Å²) in [5.74, 6) is -1.50. The van der Waals surface area contributed by atoms with Gasteiger partial charge in [0.15, 0.2) is 16.6 Å². The molecule has 1 rings (SSSR count). The zero-order valence-electron chi connectivity index (χ0n) is 17.2. The van der Waals surface area contributed by atoms with Gasteiger partial charge in [0.25, 0.3) is 5.60 Å². The van der Waals surface area contributed by atoms with Crippen LogP contribution in [0.1, 0.15) is 17.2 Å². The monoisotopic (exact) mass is 422 g/mol. The number of alkyl halides is 3. The van der Waals surface area contributed by atoms with E-state index in [-0.39, 0.29) is 5.56 Å². The number of hydrogen-bond donors (Lipinski definition) is 0. The molecule has 0 radical (unpaired) electrons. The highest BCUT2D eigenvalue weighted by molar-refractivity contribution is 6.70. The summed E-state index contributed by atoms with van der Waals surface area (Å²) in [6, 6.07) is 6.44. The SMILES string of the molecule is COC(=O)C(O[Si](C)(C)C)(C(O[Si](C)(C)C)c1ccc(C)cc1)C(F)(F)F. The summed E-state index contributed by atoms with van der Waals surface area (Å²) in [6.07, 6.45) is -6.70. The maximum atomic E-state index is 14.5. The second-order valence-corrected chi connectivity index (χ2v) is 17.3. The molecule has 0 saturated carbocycles. The summed E-state index contributed by atoms with van der Waals surface area (Å²) < 4.78 is 59.5. The van der Waals surface area contributed by atoms with Crippen molar-refractivity contribution in [2.45, 2.75) is 64.1 Å². The molecule has 27 heavy (non-hydrogen) atoms. The van der Waals surface area contributed by atoms with Gasteiger partial charge in [-0.3, -0.25) is 0 Å². The predicted molar refractivity (Wildman–Crippen MR) is 104 cm³/mol. The van der Waals surface area contributed by atoms with Gasteiger partial charge in [-0.25, -0.2) is 4.79 Å². The van der Waals surface area contributed by atoms with E-state index in [2.05, 4.69) is 4.74 Å². The molecule has 0 aromatic heterocycles. The Bertz CT molecular complexity index is 649. The maximum absolute atomic E-state index is 14.5. The highest BCUT2D eigenvalue weighted by atomic mass is 28.4. The average molecular weight is 423 g/mol. The highest BCUT2D eigenvalue weighted by Crippen LogP contribution is 2.48. The third-order valence-electron chi connectivity index (χ3n) is 3.60. The molecule has 1 aromatic rings. The number of rotatable bonds is 7. The normalized spacial score (nSPS) is 16.6. The minimum absolute atomic E-state index is 0.226. The van der Waals surface area contributed by atoms with Crippen LogP contribution in [0.3, 0.4) is 0 Å². The molecule has 4 nitrogen and oxygen atoms in total. The second-order valence-electron chi connectivity index (χ2n) is 8.46. The molecular weight excluding hydrogens is 393 g/mol. The molecule has 0 aliphatic rings. The standard InChI is InChI=1S/C18H29F3O4Si2/c1-13-9-11-14(12-10-13)15(24-26(3,4)5)17(16(22)23-2,18(19,20)21)25-27(6,7)8/h9-12,15H,1-8H3. The van der Waals surface area contributed by atoms with Crippen molar-refractivity contribution in [1.82, 2.24) is 0 Å². The van der Waals surface area contributed by atoms with E-state index in [4.69, 9.17) is 8.85 Å². The largest absolute Gasteiger partial charge is 0.467 e. The summed E-state index contributed by atoms with van der Waals surface area (Å²) >= 11 is 0. The van der Waals surface area contributed by atoms with Gasteiger partial charge in [-0.05, 0) is 51.8 Å². The molecule has 0 saturated heterocycles. The van der Waals surface area contributed by atoms with Crippen LogP contribution in [0.25, 0.3) is 0 Å². The number of esters is 1. The first-order valence-corrected chi connectivity index (χ1v) is 15.4. The van der Waals surface area contributed by atoms with E-state index in [1.54, 1.807) is 51.4 Å². The minimum Gasteiger partial charge on any atom is -0.467 e. The molecule has 0 bridgehead atoms. The van der Waals surface area contributed by atoms with E-state index in [1.165, 1.54) is 12.1 Å². The molecule has 0 spiro atoms. The van der Waals surface area contributed by atoms with Gasteiger partial charge in [-0.15, -0.1) is 0 Å². The van der Waals surface area contributed by atoms with Crippen LogP contribution < -0.4 is 0 Å². The number of carbonyl (C=O) groups is 1. The Labute approximate surface area is 161 Å². The molecule has 0 N–H and O–H groups in total. The maximum Gasteiger partial charge on any atom is 0.430 e. The van der Waals surface area contributed by atoms with Crippen molar-refractivity contribution >= 4 is 22.6 Å². The van der Waals surface area contributed by atoms with Crippen LogP contribution in [0.5, 0.6) is 0 Å². The molecule has 0 heterocycles. The highest BCUT2D eigenvalue weighted by Gasteiger charge is 2.69. The van der Waals surface area contributed by atoms with E-state index in [0.717, 1.165) is 12.7 Å². The lowest BCUT2D eigenvalue weighted by molar-refractivity contribution is -0.279. The Morgan fingerprint density at radius 1 is 0.963 bits per heavy atom. The van der Waals surface area contributed by atoms with Crippen molar-refractivity contribution in [2.75, 3.05) is 7.11 Å². The van der Waals surface area contributed by atoms with Gasteiger partial charge in [0.2, 0.25) is 0 Å². The van der Waals surface area contributed by atoms with Crippen molar-refractivity contribution in [3.63, 3.8) is 0 Å². The molecular formula is C18H29F3O4Si2. The predicted octanol–water partition coefficient (Wildman–Crippen LogP) is 5.21. The fourth-order valence-corrected chi connectivity index (χ4v) is 4.92. The topological polar surface area (TPSA) is 44.8 Å². The Morgan fingerprint density at radius 3 is 1.78 bits per heavy atom. The zero-order valence-corrected chi connectivity index (χ0v) is 19.2. The number of carbonyl (C=O) groups excluding carboxylic acids is 1. The number of ether oxygens (including phenoxy) is 1. The smallest absolute Gasteiger partial charge is 0.430 e. The van der Waals surface area contributed by atoms with Gasteiger partial charge in [0.05, 0.1) is 7.11 Å². The first kappa shape index (κ1) is 23.9. The molecule has 0 amide bonds. The van der Waals surface area contributed by atoms with Crippen LogP contribution in [0.4, 0.5) is 13.2 Å². The van der Waals surface area contributed by atoms with E-state index < -0.39 is 40.5 Å². The summed E-state index contributed by atoms with van der Waals surface area (Å²) in [5, 5.41) is 0. The summed E-state index contributed by atoms with van der Waals surface area (Å²) in [7, 11) is -4.43. The molecule has 0 aliphatic heterocycles. The number of methoxy groups -OCH3 is 1. The molecule has 9 heteroatoms. The van der Waals surface area contributed by atoms with Crippen LogP contribution in [0, 0.1) is 6.92 Å². The molecule has 2 unspecified atom stereocenters. The molecule has 154 valence electrons. The van der Waals surface area contributed by atoms with Crippen LogP contribution >= 0.6 is 0 Å². The van der Waals surface area contributed by atoms with Crippen LogP contribution in [0.15, 0.2) is 24.3 Å². The lowest BCUT2D eigenvalue weighted by Crippen LogP contribution is -2.64. The molecule has 0 fully saturated rings. The summed E-state index contributed by atoms with van der Waals surface area (Å²) in [4.78, 5) is 12.6. The third kappa shape index (κ3) is 5.90. The number of halogens is 3. The van der Waals surface area contributed by atoms with Gasteiger partial charge in [0.1, 0.15) is 6.10 Å². The van der Waals surface area contributed by atoms with E-state index >= 15 is 0 Å². The zero-order chi connectivity index (χ0) is 21.3. The number of hydrogen-bond acceptors (Lipinski definition) is 4. The number of benzene rings is 1.